The van der Waals surface area contributed by atoms with Crippen molar-refractivity contribution in [3.8, 4) is 5.75 Å². The first-order valence-corrected chi connectivity index (χ1v) is 6.36. The normalized spacial score (nSPS) is 11.9. The van der Waals surface area contributed by atoms with Gasteiger partial charge in [-0.05, 0) is 13.8 Å². The molecule has 1 heterocycles. The Balaban J connectivity index is 2.62. The van der Waals surface area contributed by atoms with Gasteiger partial charge in [-0.1, -0.05) is 0 Å². The van der Waals surface area contributed by atoms with Crippen LogP contribution in [0.1, 0.15) is 24.2 Å². The first-order valence-electron chi connectivity index (χ1n) is 5.41. The zero-order chi connectivity index (χ0) is 14.3. The molecule has 19 heavy (non-hydrogen) atoms. The molecular weight excluding hydrogens is 266 g/mol. The number of amides is 1. The van der Waals surface area contributed by atoms with Crippen LogP contribution in [0.4, 0.5) is 0 Å². The molecular formula is C12H15N3O3S. The van der Waals surface area contributed by atoms with Crippen molar-refractivity contribution in [3.63, 3.8) is 0 Å². The number of carbonyl (C=O) groups excluding carboxylic acids is 2. The van der Waals surface area contributed by atoms with Gasteiger partial charge in [0.05, 0.1) is 18.4 Å². The van der Waals surface area contributed by atoms with Gasteiger partial charge >= 0.3 is 0 Å². The maximum Gasteiger partial charge on any atom is 0.260 e. The van der Waals surface area contributed by atoms with E-state index in [-0.39, 0.29) is 5.91 Å². The number of aldehydes is 1. The van der Waals surface area contributed by atoms with E-state index in [1.165, 1.54) is 24.6 Å². The summed E-state index contributed by atoms with van der Waals surface area (Å²) >= 11 is 1.39. The Kier molecular flexibility index (Phi) is 5.74. The SMILES string of the molecule is COc1cscc1C(=O)N/C(C)=C/N/N=C(\C)C=O. The molecule has 1 aromatic rings. The molecule has 0 radical (unpaired) electrons. The summed E-state index contributed by atoms with van der Waals surface area (Å²) in [5.74, 6) is 0.280. The molecule has 0 unspecified atom stereocenters. The lowest BCUT2D eigenvalue weighted by molar-refractivity contribution is -0.102. The van der Waals surface area contributed by atoms with Crippen LogP contribution < -0.4 is 15.5 Å². The highest BCUT2D eigenvalue weighted by molar-refractivity contribution is 7.08. The molecule has 1 amide bonds. The van der Waals surface area contributed by atoms with Crippen LogP contribution in [-0.4, -0.2) is 25.0 Å². The third-order valence-corrected chi connectivity index (χ3v) is 2.82. The zero-order valence-electron chi connectivity index (χ0n) is 10.9. The van der Waals surface area contributed by atoms with Gasteiger partial charge in [0, 0.05) is 22.7 Å². The topological polar surface area (TPSA) is 79.8 Å². The monoisotopic (exact) mass is 281 g/mol. The number of nitrogens with zero attached hydrogens (tertiary/aromatic N) is 1. The zero-order valence-corrected chi connectivity index (χ0v) is 11.7. The number of methoxy groups -OCH3 is 1. The lowest BCUT2D eigenvalue weighted by Crippen LogP contribution is -2.22. The van der Waals surface area contributed by atoms with Crippen molar-refractivity contribution in [2.75, 3.05) is 7.11 Å². The molecule has 0 atom stereocenters. The van der Waals surface area contributed by atoms with E-state index in [0.717, 1.165) is 0 Å². The number of thiophene rings is 1. The molecule has 0 aliphatic carbocycles. The van der Waals surface area contributed by atoms with Gasteiger partial charge in [-0.25, -0.2) is 0 Å². The fraction of sp³-hybridized carbons (Fsp3) is 0.250. The fourth-order valence-electron chi connectivity index (χ4n) is 1.15. The second-order valence-electron chi connectivity index (χ2n) is 3.64. The minimum atomic E-state index is -0.260. The highest BCUT2D eigenvalue weighted by Crippen LogP contribution is 2.22. The molecule has 7 heteroatoms. The molecule has 0 saturated heterocycles. The standard InChI is InChI=1S/C12H15N3O3S/c1-8(4-13-15-9(2)5-16)14-12(17)10-6-19-7-11(10)18-3/h4-7,13H,1-3H3,(H,14,17)/b8-4+,15-9+. The van der Waals surface area contributed by atoms with Crippen molar-refractivity contribution < 1.29 is 14.3 Å². The summed E-state index contributed by atoms with van der Waals surface area (Å²) in [7, 11) is 1.51. The number of carbonyl (C=O) groups is 2. The second kappa shape index (κ2) is 7.32. The summed E-state index contributed by atoms with van der Waals surface area (Å²) in [5.41, 5.74) is 3.93. The van der Waals surface area contributed by atoms with E-state index in [1.807, 2.05) is 0 Å². The summed E-state index contributed by atoms with van der Waals surface area (Å²) in [4.78, 5) is 22.2. The summed E-state index contributed by atoms with van der Waals surface area (Å²) < 4.78 is 5.07. The average Bonchev–Trinajstić information content (AvgIpc) is 2.86. The van der Waals surface area contributed by atoms with E-state index in [1.54, 1.807) is 24.6 Å². The van der Waals surface area contributed by atoms with Crippen LogP contribution in [0.25, 0.3) is 0 Å². The molecule has 0 spiro atoms. The quantitative estimate of drug-likeness (QED) is 0.470. The second-order valence-corrected chi connectivity index (χ2v) is 4.38. The van der Waals surface area contributed by atoms with Gasteiger partial charge in [0.25, 0.3) is 5.91 Å². The molecule has 0 fully saturated rings. The Morgan fingerprint density at radius 2 is 2.16 bits per heavy atom. The highest BCUT2D eigenvalue weighted by atomic mass is 32.1. The number of ether oxygens (including phenoxy) is 1. The summed E-state index contributed by atoms with van der Waals surface area (Å²) in [6.45, 7) is 3.27. The first kappa shape index (κ1) is 14.9. The van der Waals surface area contributed by atoms with E-state index in [9.17, 15) is 9.59 Å². The molecule has 0 aliphatic heterocycles. The maximum absolute atomic E-state index is 11.9. The van der Waals surface area contributed by atoms with E-state index >= 15 is 0 Å². The third kappa shape index (κ3) is 4.55. The lowest BCUT2D eigenvalue weighted by Gasteiger charge is -2.05. The molecule has 1 rings (SSSR count). The van der Waals surface area contributed by atoms with Gasteiger partial charge < -0.3 is 10.1 Å². The molecule has 102 valence electrons. The van der Waals surface area contributed by atoms with Crippen LogP contribution in [0.3, 0.4) is 0 Å². The third-order valence-electron chi connectivity index (χ3n) is 2.09. The van der Waals surface area contributed by atoms with Crippen molar-refractivity contribution in [2.45, 2.75) is 13.8 Å². The molecule has 1 aromatic heterocycles. The van der Waals surface area contributed by atoms with Gasteiger partial charge in [0.15, 0.2) is 6.29 Å². The Morgan fingerprint density at radius 3 is 2.79 bits per heavy atom. The Hall–Kier alpha value is -2.15. The van der Waals surface area contributed by atoms with Crippen molar-refractivity contribution in [3.05, 3.63) is 28.2 Å². The van der Waals surface area contributed by atoms with Crippen LogP contribution in [-0.2, 0) is 4.79 Å². The average molecular weight is 281 g/mol. The van der Waals surface area contributed by atoms with Gasteiger partial charge in [0.1, 0.15) is 5.75 Å². The first-order chi connectivity index (χ1) is 9.08. The maximum atomic E-state index is 11.9. The van der Waals surface area contributed by atoms with Gasteiger partial charge in [-0.15, -0.1) is 11.3 Å². The summed E-state index contributed by atoms with van der Waals surface area (Å²) in [6.07, 6.45) is 2.12. The Labute approximate surface area is 115 Å². The number of allylic oxidation sites excluding steroid dienone is 1. The van der Waals surface area contributed by atoms with E-state index in [2.05, 4.69) is 15.8 Å². The fourth-order valence-corrected chi connectivity index (χ4v) is 1.92. The molecule has 0 aliphatic rings. The van der Waals surface area contributed by atoms with Crippen LogP contribution >= 0.6 is 11.3 Å². The molecule has 6 nitrogen and oxygen atoms in total. The molecule has 0 saturated carbocycles. The predicted octanol–water partition coefficient (Wildman–Crippen LogP) is 1.51. The predicted molar refractivity (Wildman–Crippen MR) is 74.4 cm³/mol. The Bertz CT molecular complexity index is 520. The summed E-state index contributed by atoms with van der Waals surface area (Å²) in [6, 6.07) is 0. The highest BCUT2D eigenvalue weighted by Gasteiger charge is 2.12. The number of nitrogens with one attached hydrogen (secondary N) is 2. The van der Waals surface area contributed by atoms with Crippen LogP contribution in [0, 0.1) is 0 Å². The van der Waals surface area contributed by atoms with Gasteiger partial charge in [0.2, 0.25) is 0 Å². The van der Waals surface area contributed by atoms with Crippen molar-refractivity contribution in [1.29, 1.82) is 0 Å². The summed E-state index contributed by atoms with van der Waals surface area (Å²) in [5, 5.41) is 9.88. The number of rotatable bonds is 6. The van der Waals surface area contributed by atoms with Gasteiger partial charge in [-0.2, -0.15) is 5.10 Å². The minimum Gasteiger partial charge on any atom is -0.495 e. The number of hydrogen-bond acceptors (Lipinski definition) is 6. The van der Waals surface area contributed by atoms with E-state index in [0.29, 0.717) is 29.0 Å². The molecule has 0 aromatic carbocycles. The van der Waals surface area contributed by atoms with Crippen molar-refractivity contribution in [2.24, 2.45) is 5.10 Å². The Morgan fingerprint density at radius 1 is 1.42 bits per heavy atom. The van der Waals surface area contributed by atoms with Crippen LogP contribution in [0.5, 0.6) is 5.75 Å². The molecule has 2 N–H and O–H groups in total. The van der Waals surface area contributed by atoms with E-state index < -0.39 is 0 Å². The smallest absolute Gasteiger partial charge is 0.260 e. The minimum absolute atomic E-state index is 0.260. The van der Waals surface area contributed by atoms with Crippen LogP contribution in [0.15, 0.2) is 27.8 Å². The number of hydrogen-bond donors (Lipinski definition) is 2. The van der Waals surface area contributed by atoms with Crippen molar-refractivity contribution in [1.82, 2.24) is 10.7 Å². The largest absolute Gasteiger partial charge is 0.495 e. The van der Waals surface area contributed by atoms with Crippen molar-refractivity contribution >= 4 is 29.2 Å². The lowest BCUT2D eigenvalue weighted by atomic mass is 10.3. The van der Waals surface area contributed by atoms with E-state index in [4.69, 9.17) is 4.74 Å². The van der Waals surface area contributed by atoms with Gasteiger partial charge in [-0.3, -0.25) is 15.0 Å². The van der Waals surface area contributed by atoms with Crippen LogP contribution in [0.2, 0.25) is 0 Å². The molecule has 0 bridgehead atoms. The number of hydrazone groups is 1.